The molecule has 1 aliphatic rings. The molecule has 0 spiro atoms. The summed E-state index contributed by atoms with van der Waals surface area (Å²) in [5.74, 6) is 2.73. The van der Waals surface area contributed by atoms with Gasteiger partial charge < -0.3 is 10.3 Å². The Balaban J connectivity index is 2.34. The number of hydrogen-bond donors (Lipinski definition) is 1. The maximum absolute atomic E-state index is 5.66. The zero-order valence-electron chi connectivity index (χ0n) is 9.61. The molecule has 0 aromatic carbocycles. The quantitative estimate of drug-likeness (QED) is 0.821. The van der Waals surface area contributed by atoms with Crippen LogP contribution in [0.15, 0.2) is 0 Å². The lowest BCUT2D eigenvalue weighted by molar-refractivity contribution is 0.365. The average molecular weight is 208 g/mol. The molecule has 0 saturated carbocycles. The largest absolute Gasteiger partial charge is 0.330 e. The van der Waals surface area contributed by atoms with Crippen LogP contribution in [0.4, 0.5) is 0 Å². The van der Waals surface area contributed by atoms with E-state index in [0.717, 1.165) is 31.0 Å². The monoisotopic (exact) mass is 208 g/mol. The van der Waals surface area contributed by atoms with Crippen molar-refractivity contribution in [1.29, 1.82) is 0 Å². The van der Waals surface area contributed by atoms with Crippen LogP contribution in [-0.2, 0) is 6.42 Å². The molecule has 1 atom stereocenters. The highest BCUT2D eigenvalue weighted by Crippen LogP contribution is 2.29. The van der Waals surface area contributed by atoms with Gasteiger partial charge in [-0.3, -0.25) is 0 Å². The van der Waals surface area contributed by atoms with Crippen LogP contribution in [0, 0.1) is 0 Å². The third-order valence-electron chi connectivity index (χ3n) is 3.11. The molecule has 1 unspecified atom stereocenters. The van der Waals surface area contributed by atoms with Gasteiger partial charge in [0, 0.05) is 18.4 Å². The van der Waals surface area contributed by atoms with Gasteiger partial charge in [0.2, 0.25) is 0 Å². The summed E-state index contributed by atoms with van der Waals surface area (Å²) in [6.07, 6.45) is 4.56. The lowest BCUT2D eigenvalue weighted by atomic mass is 10.0. The Morgan fingerprint density at radius 2 is 2.27 bits per heavy atom. The minimum absolute atomic E-state index is 0.449. The van der Waals surface area contributed by atoms with E-state index in [4.69, 9.17) is 5.73 Å². The third kappa shape index (κ3) is 1.91. The van der Waals surface area contributed by atoms with Crippen LogP contribution in [0.2, 0.25) is 0 Å². The van der Waals surface area contributed by atoms with Gasteiger partial charge in [0.15, 0.2) is 0 Å². The number of aromatic nitrogens is 3. The van der Waals surface area contributed by atoms with E-state index in [2.05, 4.69) is 28.6 Å². The summed E-state index contributed by atoms with van der Waals surface area (Å²) >= 11 is 0. The molecule has 4 nitrogen and oxygen atoms in total. The van der Waals surface area contributed by atoms with Crippen LogP contribution in [0.5, 0.6) is 0 Å². The molecule has 0 fully saturated rings. The molecule has 0 radical (unpaired) electrons. The number of nitrogens with two attached hydrogens (primary N) is 1. The number of rotatable bonds is 3. The first-order chi connectivity index (χ1) is 7.24. The zero-order valence-corrected chi connectivity index (χ0v) is 9.61. The summed E-state index contributed by atoms with van der Waals surface area (Å²) in [7, 11) is 0. The molecule has 0 saturated heterocycles. The maximum atomic E-state index is 5.66. The van der Waals surface area contributed by atoms with Gasteiger partial charge in [0.05, 0.1) is 0 Å². The number of fused-ring (bicyclic) bond motifs is 1. The molecule has 0 bridgehead atoms. The van der Waals surface area contributed by atoms with Crippen molar-refractivity contribution >= 4 is 0 Å². The van der Waals surface area contributed by atoms with Crippen molar-refractivity contribution in [1.82, 2.24) is 14.8 Å². The first kappa shape index (κ1) is 10.6. The van der Waals surface area contributed by atoms with Crippen LogP contribution in [0.3, 0.4) is 0 Å². The van der Waals surface area contributed by atoms with E-state index in [0.29, 0.717) is 12.0 Å². The van der Waals surface area contributed by atoms with Crippen molar-refractivity contribution in [3.63, 3.8) is 0 Å². The minimum atomic E-state index is 0.449. The van der Waals surface area contributed by atoms with Crippen LogP contribution in [0.25, 0.3) is 0 Å². The Bertz CT molecular complexity index is 329. The van der Waals surface area contributed by atoms with Gasteiger partial charge in [-0.2, -0.15) is 0 Å². The molecule has 1 aliphatic heterocycles. The molecule has 4 heteroatoms. The minimum Gasteiger partial charge on any atom is -0.330 e. The van der Waals surface area contributed by atoms with Gasteiger partial charge in [-0.05, 0) is 25.8 Å². The van der Waals surface area contributed by atoms with Crippen molar-refractivity contribution < 1.29 is 0 Å². The van der Waals surface area contributed by atoms with Gasteiger partial charge in [0.25, 0.3) is 0 Å². The molecule has 15 heavy (non-hydrogen) atoms. The van der Waals surface area contributed by atoms with E-state index < -0.39 is 0 Å². The van der Waals surface area contributed by atoms with E-state index in [1.807, 2.05) is 0 Å². The Kier molecular flexibility index (Phi) is 3.05. The van der Waals surface area contributed by atoms with Crippen molar-refractivity contribution in [3.05, 3.63) is 11.6 Å². The highest BCUT2D eigenvalue weighted by Gasteiger charge is 2.24. The third-order valence-corrected chi connectivity index (χ3v) is 3.11. The predicted octanol–water partition coefficient (Wildman–Crippen LogP) is 1.63. The van der Waals surface area contributed by atoms with Gasteiger partial charge >= 0.3 is 0 Å². The molecule has 0 amide bonds. The summed E-state index contributed by atoms with van der Waals surface area (Å²) in [5, 5.41) is 8.58. The molecule has 1 aromatic rings. The molecule has 84 valence electrons. The van der Waals surface area contributed by atoms with E-state index in [9.17, 15) is 0 Å². The lowest BCUT2D eigenvalue weighted by Crippen LogP contribution is -2.23. The summed E-state index contributed by atoms with van der Waals surface area (Å²) in [6.45, 7) is 5.09. The van der Waals surface area contributed by atoms with Crippen molar-refractivity contribution in [2.24, 2.45) is 5.73 Å². The highest BCUT2D eigenvalue weighted by molar-refractivity contribution is 5.05. The fourth-order valence-corrected chi connectivity index (χ4v) is 2.39. The van der Waals surface area contributed by atoms with Crippen LogP contribution in [-0.4, -0.2) is 21.3 Å². The van der Waals surface area contributed by atoms with E-state index in [1.165, 1.54) is 12.8 Å². The Morgan fingerprint density at radius 3 is 2.93 bits per heavy atom. The summed E-state index contributed by atoms with van der Waals surface area (Å²) in [5.41, 5.74) is 5.66. The molecular weight excluding hydrogens is 188 g/mol. The number of nitrogens with zero attached hydrogens (tertiary/aromatic N) is 3. The van der Waals surface area contributed by atoms with E-state index >= 15 is 0 Å². The lowest BCUT2D eigenvalue weighted by Gasteiger charge is -2.26. The summed E-state index contributed by atoms with van der Waals surface area (Å²) in [4.78, 5) is 0. The van der Waals surface area contributed by atoms with Gasteiger partial charge in [-0.15, -0.1) is 10.2 Å². The molecule has 0 aliphatic carbocycles. The first-order valence-electron chi connectivity index (χ1n) is 5.87. The standard InChI is InChI=1S/C11H20N4/c1-8(2)11-14-13-10-5-3-4-9(6-7-12)15(10)11/h8-9H,3-7,12H2,1-2H3. The fraction of sp³-hybridized carbons (Fsp3) is 0.818. The summed E-state index contributed by atoms with van der Waals surface area (Å²) < 4.78 is 2.33. The average Bonchev–Trinajstić information content (AvgIpc) is 2.62. The second-order valence-electron chi connectivity index (χ2n) is 4.62. The molecule has 1 aromatic heterocycles. The predicted molar refractivity (Wildman–Crippen MR) is 59.8 cm³/mol. The van der Waals surface area contributed by atoms with E-state index in [1.54, 1.807) is 0 Å². The highest BCUT2D eigenvalue weighted by atomic mass is 15.3. The Labute approximate surface area is 90.9 Å². The number of hydrogen-bond acceptors (Lipinski definition) is 3. The molecule has 2 N–H and O–H groups in total. The molecule has 2 rings (SSSR count). The van der Waals surface area contributed by atoms with Gasteiger partial charge in [-0.1, -0.05) is 13.8 Å². The van der Waals surface area contributed by atoms with Gasteiger partial charge in [-0.25, -0.2) is 0 Å². The zero-order chi connectivity index (χ0) is 10.8. The van der Waals surface area contributed by atoms with E-state index in [-0.39, 0.29) is 0 Å². The van der Waals surface area contributed by atoms with Crippen molar-refractivity contribution in [3.8, 4) is 0 Å². The Morgan fingerprint density at radius 1 is 1.47 bits per heavy atom. The SMILES string of the molecule is CC(C)c1nnc2n1C(CCN)CCC2. The summed E-state index contributed by atoms with van der Waals surface area (Å²) in [6, 6.07) is 0.533. The molecule has 2 heterocycles. The first-order valence-corrected chi connectivity index (χ1v) is 5.87. The Hall–Kier alpha value is -0.900. The van der Waals surface area contributed by atoms with Crippen LogP contribution < -0.4 is 5.73 Å². The smallest absolute Gasteiger partial charge is 0.135 e. The second kappa shape index (κ2) is 4.31. The van der Waals surface area contributed by atoms with Crippen LogP contribution in [0.1, 0.15) is 56.7 Å². The normalized spacial score (nSPS) is 20.7. The topological polar surface area (TPSA) is 56.7 Å². The second-order valence-corrected chi connectivity index (χ2v) is 4.62. The maximum Gasteiger partial charge on any atom is 0.135 e. The van der Waals surface area contributed by atoms with Crippen molar-refractivity contribution in [2.75, 3.05) is 6.54 Å². The fourth-order valence-electron chi connectivity index (χ4n) is 2.39. The molecular formula is C11H20N4. The van der Waals surface area contributed by atoms with Crippen molar-refractivity contribution in [2.45, 2.75) is 51.5 Å². The van der Waals surface area contributed by atoms with Crippen LogP contribution >= 0.6 is 0 Å². The number of aryl methyl sites for hydroxylation is 1. The van der Waals surface area contributed by atoms with Gasteiger partial charge in [0.1, 0.15) is 11.6 Å².